The molecule has 1 aromatic carbocycles. The number of benzene rings is 1. The van der Waals surface area contributed by atoms with Crippen LogP contribution >= 0.6 is 0 Å². The Bertz CT molecular complexity index is 906. The molecule has 8 nitrogen and oxygen atoms in total. The largest absolute Gasteiger partial charge is 0.479 e. The van der Waals surface area contributed by atoms with Crippen molar-refractivity contribution in [2.24, 2.45) is 4.99 Å². The highest BCUT2D eigenvalue weighted by atomic mass is 19.1. The molecule has 0 spiro atoms. The van der Waals surface area contributed by atoms with Gasteiger partial charge in [-0.1, -0.05) is 12.2 Å². The molecule has 3 N–H and O–H groups in total. The number of amides is 2. The van der Waals surface area contributed by atoms with E-state index in [2.05, 4.69) is 34.2 Å². The molecule has 0 fully saturated rings. The molecule has 0 saturated heterocycles. The van der Waals surface area contributed by atoms with Crippen molar-refractivity contribution in [3.63, 3.8) is 0 Å². The summed E-state index contributed by atoms with van der Waals surface area (Å²) in [7, 11) is 0. The van der Waals surface area contributed by atoms with Gasteiger partial charge in [0.2, 0.25) is 0 Å². The zero-order valence-corrected chi connectivity index (χ0v) is 20.3. The van der Waals surface area contributed by atoms with E-state index in [1.165, 1.54) is 18.2 Å². The maximum Gasteiger partial charge on any atom is 0.407 e. The molecule has 0 radical (unpaired) electrons. The molecule has 9 heteroatoms. The lowest BCUT2D eigenvalue weighted by molar-refractivity contribution is -0.127. The van der Waals surface area contributed by atoms with Gasteiger partial charge in [-0.2, -0.15) is 0 Å². The van der Waals surface area contributed by atoms with Crippen molar-refractivity contribution in [1.82, 2.24) is 10.6 Å². The third-order valence-electron chi connectivity index (χ3n) is 4.34. The Labute approximate surface area is 195 Å². The summed E-state index contributed by atoms with van der Waals surface area (Å²) in [5.41, 5.74) is 1.44. The van der Waals surface area contributed by atoms with E-state index in [1.54, 1.807) is 27.7 Å². The number of aliphatic imine (C=N–C) groups is 1. The van der Waals surface area contributed by atoms with E-state index < -0.39 is 23.6 Å². The second-order valence-electron chi connectivity index (χ2n) is 8.51. The molecule has 0 aliphatic heterocycles. The monoisotopic (exact) mass is 462 g/mol. The van der Waals surface area contributed by atoms with Crippen molar-refractivity contribution >= 4 is 24.4 Å². The highest BCUT2D eigenvalue weighted by Crippen LogP contribution is 2.29. The highest BCUT2D eigenvalue weighted by Gasteiger charge is 2.18. The first kappa shape index (κ1) is 27.7. The minimum Gasteiger partial charge on any atom is -0.479 e. The van der Waals surface area contributed by atoms with E-state index in [0.717, 1.165) is 11.1 Å². The van der Waals surface area contributed by atoms with Crippen LogP contribution in [0.15, 0.2) is 46.7 Å². The Kier molecular flexibility index (Phi) is 10.6. The summed E-state index contributed by atoms with van der Waals surface area (Å²) < 4.78 is 24.7. The Morgan fingerprint density at radius 1 is 1.18 bits per heavy atom. The summed E-state index contributed by atoms with van der Waals surface area (Å²) >= 11 is 0. The molecule has 2 amide bonds. The third kappa shape index (κ3) is 10.2. The average molecular weight is 463 g/mol. The number of hydrogen-bond donors (Lipinski definition) is 3. The lowest BCUT2D eigenvalue weighted by atomic mass is 10.1. The fourth-order valence-corrected chi connectivity index (χ4v) is 2.47. The van der Waals surface area contributed by atoms with Gasteiger partial charge >= 0.3 is 6.09 Å². The maximum atomic E-state index is 13.8. The molecule has 0 saturated carbocycles. The first-order valence-electron chi connectivity index (χ1n) is 10.6. The smallest absolute Gasteiger partial charge is 0.407 e. The molecular formula is C24H35FN4O4. The third-order valence-corrected chi connectivity index (χ3v) is 4.34. The SMILES string of the molecule is C=N/C(Nc1ccc(F)cc1OC(C)C(=O)NCCCNC(=O)OC(C)(C)C)=C(\C)C(=C)C. The number of allylic oxidation sites excluding steroid dienone is 2. The van der Waals surface area contributed by atoms with Gasteiger partial charge in [-0.3, -0.25) is 4.79 Å². The van der Waals surface area contributed by atoms with Gasteiger partial charge in [0.25, 0.3) is 5.91 Å². The van der Waals surface area contributed by atoms with E-state index in [-0.39, 0.29) is 11.7 Å². The first-order chi connectivity index (χ1) is 15.3. The second-order valence-corrected chi connectivity index (χ2v) is 8.51. The van der Waals surface area contributed by atoms with Gasteiger partial charge in [0, 0.05) is 19.2 Å². The minimum atomic E-state index is -0.891. The number of nitrogens with one attached hydrogen (secondary N) is 3. The van der Waals surface area contributed by atoms with Gasteiger partial charge in [0.15, 0.2) is 6.10 Å². The van der Waals surface area contributed by atoms with Gasteiger partial charge in [-0.15, -0.1) is 0 Å². The van der Waals surface area contributed by atoms with Gasteiger partial charge in [-0.05, 0) is 72.4 Å². The van der Waals surface area contributed by atoms with Crippen LogP contribution in [0.5, 0.6) is 5.75 Å². The number of anilines is 1. The summed E-state index contributed by atoms with van der Waals surface area (Å²) in [5, 5.41) is 8.39. The zero-order chi connectivity index (χ0) is 25.2. The fourth-order valence-electron chi connectivity index (χ4n) is 2.47. The van der Waals surface area contributed by atoms with Crippen LogP contribution in [-0.4, -0.2) is 43.5 Å². The van der Waals surface area contributed by atoms with E-state index >= 15 is 0 Å². The molecule has 182 valence electrons. The minimum absolute atomic E-state index is 0.153. The number of alkyl carbamates (subject to hydrolysis) is 1. The Balaban J connectivity index is 2.67. The summed E-state index contributed by atoms with van der Waals surface area (Å²) in [6.07, 6.45) is -0.900. The summed E-state index contributed by atoms with van der Waals surface area (Å²) in [6.45, 7) is 18.7. The standard InChI is InChI=1S/C24H35FN4O4/c1-15(2)16(3)21(26-8)29-19-11-10-18(25)14-20(19)32-17(4)22(30)27-12-9-13-28-23(31)33-24(5,6)7/h10-11,14,17,29H,1,8-9,12-13H2,2-7H3,(H,27,30)(H,28,31)/b21-16-. The molecule has 0 bridgehead atoms. The van der Waals surface area contributed by atoms with Gasteiger partial charge in [0.05, 0.1) is 5.69 Å². The second kappa shape index (κ2) is 12.6. The van der Waals surface area contributed by atoms with Crippen LogP contribution in [0.4, 0.5) is 14.9 Å². The van der Waals surface area contributed by atoms with E-state index in [1.807, 2.05) is 13.8 Å². The zero-order valence-electron chi connectivity index (χ0n) is 20.3. The molecule has 1 unspecified atom stereocenters. The molecule has 0 aromatic heterocycles. The molecule has 0 aliphatic rings. The first-order valence-corrected chi connectivity index (χ1v) is 10.6. The van der Waals surface area contributed by atoms with Crippen molar-refractivity contribution in [2.45, 2.75) is 59.7 Å². The summed E-state index contributed by atoms with van der Waals surface area (Å²) in [6, 6.07) is 3.95. The number of carbonyl (C=O) groups is 2. The Morgan fingerprint density at radius 2 is 1.82 bits per heavy atom. The van der Waals surface area contributed by atoms with E-state index in [0.29, 0.717) is 31.0 Å². The lowest BCUT2D eigenvalue weighted by Crippen LogP contribution is -2.38. The fraction of sp³-hybridized carbons (Fsp3) is 0.458. The van der Waals surface area contributed by atoms with Crippen molar-refractivity contribution in [3.8, 4) is 5.75 Å². The molecular weight excluding hydrogens is 427 g/mol. The molecule has 1 aromatic rings. The Morgan fingerprint density at radius 3 is 2.39 bits per heavy atom. The van der Waals surface area contributed by atoms with Crippen LogP contribution in [0.3, 0.4) is 0 Å². The number of carbonyl (C=O) groups excluding carboxylic acids is 2. The van der Waals surface area contributed by atoms with Crippen LogP contribution in [0.25, 0.3) is 0 Å². The average Bonchev–Trinajstić information content (AvgIpc) is 2.70. The summed E-state index contributed by atoms with van der Waals surface area (Å²) in [4.78, 5) is 28.0. The van der Waals surface area contributed by atoms with E-state index in [9.17, 15) is 14.0 Å². The highest BCUT2D eigenvalue weighted by molar-refractivity contribution is 5.81. The van der Waals surface area contributed by atoms with Gasteiger partial charge < -0.3 is 25.4 Å². The van der Waals surface area contributed by atoms with Crippen LogP contribution in [0.1, 0.15) is 48.0 Å². The van der Waals surface area contributed by atoms with Gasteiger partial charge in [-0.25, -0.2) is 14.2 Å². The number of hydrogen-bond acceptors (Lipinski definition) is 6. The van der Waals surface area contributed by atoms with Crippen molar-refractivity contribution < 1.29 is 23.5 Å². The number of halogens is 1. The predicted molar refractivity (Wildman–Crippen MR) is 129 cm³/mol. The molecule has 1 atom stereocenters. The molecule has 0 heterocycles. The number of rotatable bonds is 11. The topological polar surface area (TPSA) is 101 Å². The van der Waals surface area contributed by atoms with Crippen molar-refractivity contribution in [2.75, 3.05) is 18.4 Å². The number of ether oxygens (including phenoxy) is 2. The Hall–Kier alpha value is -3.36. The van der Waals surface area contributed by atoms with Crippen molar-refractivity contribution in [1.29, 1.82) is 0 Å². The van der Waals surface area contributed by atoms with Crippen LogP contribution < -0.4 is 20.7 Å². The summed E-state index contributed by atoms with van der Waals surface area (Å²) in [5.74, 6) is -0.281. The quantitative estimate of drug-likeness (QED) is 0.255. The van der Waals surface area contributed by atoms with Crippen molar-refractivity contribution in [3.05, 3.63) is 47.6 Å². The van der Waals surface area contributed by atoms with Gasteiger partial charge in [0.1, 0.15) is 23.0 Å². The van der Waals surface area contributed by atoms with E-state index in [4.69, 9.17) is 9.47 Å². The van der Waals surface area contributed by atoms with Crippen LogP contribution in [-0.2, 0) is 9.53 Å². The molecule has 0 aliphatic carbocycles. The predicted octanol–water partition coefficient (Wildman–Crippen LogP) is 4.54. The molecule has 33 heavy (non-hydrogen) atoms. The lowest BCUT2D eigenvalue weighted by Gasteiger charge is -2.20. The molecule has 1 rings (SSSR count). The van der Waals surface area contributed by atoms with Crippen LogP contribution in [0.2, 0.25) is 0 Å². The maximum absolute atomic E-state index is 13.8. The number of nitrogens with zero attached hydrogens (tertiary/aromatic N) is 1. The van der Waals surface area contributed by atoms with Crippen LogP contribution in [0, 0.1) is 5.82 Å². The normalized spacial score (nSPS) is 12.7.